The Morgan fingerprint density at radius 1 is 1.11 bits per heavy atom. The molecular formula is C20H18N4O2S. The molecule has 1 N–H and O–H groups in total. The molecule has 0 aliphatic carbocycles. The van der Waals surface area contributed by atoms with Gasteiger partial charge in [0, 0.05) is 11.3 Å². The van der Waals surface area contributed by atoms with Crippen LogP contribution in [0.4, 0.5) is 5.69 Å². The third-order valence-electron chi connectivity index (χ3n) is 4.12. The van der Waals surface area contributed by atoms with Crippen LogP contribution in [-0.2, 0) is 0 Å². The first-order valence-corrected chi connectivity index (χ1v) is 9.63. The van der Waals surface area contributed by atoms with Gasteiger partial charge in [0.1, 0.15) is 5.75 Å². The largest absolute Gasteiger partial charge is 0.497 e. The number of ether oxygens (including phenoxy) is 2. The van der Waals surface area contributed by atoms with Gasteiger partial charge in [-0.2, -0.15) is 4.98 Å². The molecule has 0 radical (unpaired) electrons. The number of thioether (sulfide) groups is 1. The van der Waals surface area contributed by atoms with Crippen molar-refractivity contribution in [3.63, 3.8) is 0 Å². The topological polar surface area (TPSA) is 69.2 Å². The SMILES string of the molecule is COc1ccc(/C=C/[C@H]2Nc3ccccc3-c3nnc(SC)nc3O2)cc1. The lowest BCUT2D eigenvalue weighted by Gasteiger charge is -2.15. The minimum atomic E-state index is -0.388. The highest BCUT2D eigenvalue weighted by atomic mass is 32.2. The summed E-state index contributed by atoms with van der Waals surface area (Å²) in [5, 5.41) is 12.4. The Kier molecular flexibility index (Phi) is 4.93. The summed E-state index contributed by atoms with van der Waals surface area (Å²) in [6.45, 7) is 0. The van der Waals surface area contributed by atoms with Crippen molar-refractivity contribution >= 4 is 23.5 Å². The normalized spacial score (nSPS) is 15.3. The number of methoxy groups -OCH3 is 1. The minimum Gasteiger partial charge on any atom is -0.497 e. The van der Waals surface area contributed by atoms with Gasteiger partial charge in [0.2, 0.25) is 11.0 Å². The first-order valence-electron chi connectivity index (χ1n) is 8.40. The standard InChI is InChI=1S/C20H18N4O2S/c1-25-14-10-7-13(8-11-14)9-12-17-21-16-6-4-3-5-15(16)18-19(26-17)22-20(27-2)24-23-18/h3-12,17,21H,1-2H3/b12-9+/t17-/m0/s1. The highest BCUT2D eigenvalue weighted by Gasteiger charge is 2.23. The van der Waals surface area contributed by atoms with Gasteiger partial charge in [-0.3, -0.25) is 0 Å². The Balaban J connectivity index is 1.67. The average Bonchev–Trinajstić information content (AvgIpc) is 2.88. The first-order chi connectivity index (χ1) is 13.3. The van der Waals surface area contributed by atoms with Crippen LogP contribution in [0, 0.1) is 0 Å². The van der Waals surface area contributed by atoms with E-state index in [4.69, 9.17) is 9.47 Å². The molecule has 1 aliphatic heterocycles. The van der Waals surface area contributed by atoms with Crippen molar-refractivity contribution in [1.82, 2.24) is 15.2 Å². The van der Waals surface area contributed by atoms with Gasteiger partial charge in [0.15, 0.2) is 11.9 Å². The van der Waals surface area contributed by atoms with E-state index in [-0.39, 0.29) is 6.23 Å². The van der Waals surface area contributed by atoms with E-state index in [0.29, 0.717) is 16.7 Å². The van der Waals surface area contributed by atoms with Crippen LogP contribution in [0.3, 0.4) is 0 Å². The lowest BCUT2D eigenvalue weighted by atomic mass is 10.1. The Bertz CT molecular complexity index is 976. The summed E-state index contributed by atoms with van der Waals surface area (Å²) in [5.41, 5.74) is 3.52. The molecule has 1 aromatic heterocycles. The molecule has 0 saturated carbocycles. The van der Waals surface area contributed by atoms with Crippen LogP contribution >= 0.6 is 11.8 Å². The van der Waals surface area contributed by atoms with Crippen molar-refractivity contribution in [3.8, 4) is 22.9 Å². The van der Waals surface area contributed by atoms with E-state index in [0.717, 1.165) is 22.6 Å². The van der Waals surface area contributed by atoms with Gasteiger partial charge < -0.3 is 14.8 Å². The zero-order chi connectivity index (χ0) is 18.6. The first kappa shape index (κ1) is 17.4. The lowest BCUT2D eigenvalue weighted by Crippen LogP contribution is -2.23. The van der Waals surface area contributed by atoms with Crippen molar-refractivity contribution in [3.05, 3.63) is 60.2 Å². The van der Waals surface area contributed by atoms with Crippen molar-refractivity contribution in [2.45, 2.75) is 11.4 Å². The molecule has 0 fully saturated rings. The fourth-order valence-electron chi connectivity index (χ4n) is 2.75. The summed E-state index contributed by atoms with van der Waals surface area (Å²) in [4.78, 5) is 4.50. The van der Waals surface area contributed by atoms with Gasteiger partial charge in [0.25, 0.3) is 0 Å². The molecule has 0 spiro atoms. The molecule has 4 rings (SSSR count). The second-order valence-electron chi connectivity index (χ2n) is 5.81. The molecule has 0 bridgehead atoms. The molecule has 7 heteroatoms. The van der Waals surface area contributed by atoms with Crippen LogP contribution in [0.15, 0.2) is 59.8 Å². The molecule has 27 heavy (non-hydrogen) atoms. The molecule has 136 valence electrons. The van der Waals surface area contributed by atoms with Crippen LogP contribution in [0.2, 0.25) is 0 Å². The average molecular weight is 378 g/mol. The van der Waals surface area contributed by atoms with Crippen molar-refractivity contribution in [1.29, 1.82) is 0 Å². The van der Waals surface area contributed by atoms with E-state index < -0.39 is 0 Å². The van der Waals surface area contributed by atoms with Gasteiger partial charge in [0.05, 0.1) is 7.11 Å². The summed E-state index contributed by atoms with van der Waals surface area (Å²) in [7, 11) is 1.65. The molecule has 1 aliphatic rings. The number of hydrogen-bond acceptors (Lipinski definition) is 7. The summed E-state index contributed by atoms with van der Waals surface area (Å²) in [6, 6.07) is 15.7. The third kappa shape index (κ3) is 3.73. The fourth-order valence-corrected chi connectivity index (χ4v) is 3.05. The van der Waals surface area contributed by atoms with Crippen LogP contribution in [0.5, 0.6) is 11.6 Å². The molecule has 2 aromatic carbocycles. The van der Waals surface area contributed by atoms with Gasteiger partial charge >= 0.3 is 0 Å². The Hall–Kier alpha value is -3.06. The molecule has 0 saturated heterocycles. The quantitative estimate of drug-likeness (QED) is 0.685. The summed E-state index contributed by atoms with van der Waals surface area (Å²) >= 11 is 1.43. The number of rotatable bonds is 4. The predicted molar refractivity (Wildman–Crippen MR) is 107 cm³/mol. The molecule has 6 nitrogen and oxygen atoms in total. The van der Waals surface area contributed by atoms with E-state index in [1.54, 1.807) is 7.11 Å². The number of para-hydroxylation sites is 1. The van der Waals surface area contributed by atoms with E-state index in [2.05, 4.69) is 20.5 Å². The molecular weight excluding hydrogens is 360 g/mol. The van der Waals surface area contributed by atoms with Gasteiger partial charge in [-0.25, -0.2) is 0 Å². The minimum absolute atomic E-state index is 0.388. The van der Waals surface area contributed by atoms with Crippen molar-refractivity contribution < 1.29 is 9.47 Å². The van der Waals surface area contributed by atoms with E-state index in [1.165, 1.54) is 11.8 Å². The summed E-state index contributed by atoms with van der Waals surface area (Å²) in [5.74, 6) is 1.29. The highest BCUT2D eigenvalue weighted by molar-refractivity contribution is 7.98. The number of anilines is 1. The number of hydrogen-bond donors (Lipinski definition) is 1. The van der Waals surface area contributed by atoms with Gasteiger partial charge in [-0.15, -0.1) is 10.2 Å². The van der Waals surface area contributed by atoms with Crippen molar-refractivity contribution in [2.75, 3.05) is 18.7 Å². The summed E-state index contributed by atoms with van der Waals surface area (Å²) in [6.07, 6.45) is 5.47. The molecule has 1 atom stereocenters. The number of nitrogens with zero attached hydrogens (tertiary/aromatic N) is 3. The van der Waals surface area contributed by atoms with Crippen LogP contribution in [0.1, 0.15) is 5.56 Å². The van der Waals surface area contributed by atoms with E-state index in [1.807, 2.05) is 66.9 Å². The third-order valence-corrected chi connectivity index (χ3v) is 4.65. The molecule has 3 aromatic rings. The van der Waals surface area contributed by atoms with Crippen molar-refractivity contribution in [2.24, 2.45) is 0 Å². The number of benzene rings is 2. The Morgan fingerprint density at radius 2 is 1.93 bits per heavy atom. The Labute approximate surface area is 161 Å². The number of nitrogens with one attached hydrogen (secondary N) is 1. The fraction of sp³-hybridized carbons (Fsp3) is 0.150. The molecule has 2 heterocycles. The van der Waals surface area contributed by atoms with Crippen LogP contribution < -0.4 is 14.8 Å². The maximum Gasteiger partial charge on any atom is 0.247 e. The lowest BCUT2D eigenvalue weighted by molar-refractivity contribution is 0.266. The second-order valence-corrected chi connectivity index (χ2v) is 6.59. The van der Waals surface area contributed by atoms with Crippen LogP contribution in [-0.4, -0.2) is 34.8 Å². The predicted octanol–water partition coefficient (Wildman–Crippen LogP) is 4.11. The number of aromatic nitrogens is 3. The summed E-state index contributed by atoms with van der Waals surface area (Å²) < 4.78 is 11.3. The smallest absolute Gasteiger partial charge is 0.247 e. The zero-order valence-electron chi connectivity index (χ0n) is 14.9. The monoisotopic (exact) mass is 378 g/mol. The second kappa shape index (κ2) is 7.67. The van der Waals surface area contributed by atoms with Gasteiger partial charge in [-0.1, -0.05) is 48.2 Å². The van der Waals surface area contributed by atoms with E-state index in [9.17, 15) is 0 Å². The molecule has 0 amide bonds. The maximum atomic E-state index is 6.10. The zero-order valence-corrected chi connectivity index (χ0v) is 15.7. The highest BCUT2D eigenvalue weighted by Crippen LogP contribution is 2.36. The van der Waals surface area contributed by atoms with Gasteiger partial charge in [-0.05, 0) is 36.1 Å². The Morgan fingerprint density at radius 3 is 2.70 bits per heavy atom. The van der Waals surface area contributed by atoms with Crippen LogP contribution in [0.25, 0.3) is 17.3 Å². The van der Waals surface area contributed by atoms with E-state index >= 15 is 0 Å². The number of fused-ring (bicyclic) bond motifs is 3. The molecule has 0 unspecified atom stereocenters. The maximum absolute atomic E-state index is 6.10.